The van der Waals surface area contributed by atoms with Crippen molar-refractivity contribution in [1.29, 1.82) is 0 Å². The molecule has 26 heavy (non-hydrogen) atoms. The lowest BCUT2D eigenvalue weighted by Crippen LogP contribution is -2.07. The minimum absolute atomic E-state index is 0.120. The summed E-state index contributed by atoms with van der Waals surface area (Å²) >= 11 is 5.91. The molecule has 0 saturated heterocycles. The number of benzene rings is 2. The summed E-state index contributed by atoms with van der Waals surface area (Å²) < 4.78 is 29.0. The van der Waals surface area contributed by atoms with E-state index in [2.05, 4.69) is 0 Å². The van der Waals surface area contributed by atoms with Gasteiger partial charge in [-0.15, -0.1) is 0 Å². The van der Waals surface area contributed by atoms with Crippen LogP contribution in [-0.2, 0) is 16.4 Å². The number of rotatable bonds is 4. The topological polar surface area (TPSA) is 84.6 Å². The Hall–Kier alpha value is -2.41. The van der Waals surface area contributed by atoms with Gasteiger partial charge in [-0.05, 0) is 42.0 Å². The lowest BCUT2D eigenvalue weighted by atomic mass is 10.00. The van der Waals surface area contributed by atoms with E-state index >= 15 is 0 Å². The smallest absolute Gasteiger partial charge is 0.193 e. The van der Waals surface area contributed by atoms with Crippen molar-refractivity contribution in [2.24, 2.45) is 0 Å². The van der Waals surface area contributed by atoms with Crippen molar-refractivity contribution in [2.75, 3.05) is 6.26 Å². The number of aliphatic hydroxyl groups is 1. The molecule has 0 saturated carbocycles. The van der Waals surface area contributed by atoms with Gasteiger partial charge in [0, 0.05) is 22.9 Å². The Bertz CT molecular complexity index is 1100. The van der Waals surface area contributed by atoms with Crippen LogP contribution in [0.25, 0.3) is 22.5 Å². The van der Waals surface area contributed by atoms with E-state index in [1.54, 1.807) is 36.4 Å². The molecule has 0 aliphatic rings. The van der Waals surface area contributed by atoms with E-state index in [0.29, 0.717) is 21.7 Å². The molecule has 1 heterocycles. The van der Waals surface area contributed by atoms with Gasteiger partial charge in [0.2, 0.25) is 0 Å². The van der Waals surface area contributed by atoms with Gasteiger partial charge in [0.15, 0.2) is 15.3 Å². The van der Waals surface area contributed by atoms with Crippen LogP contribution in [0.4, 0.5) is 0 Å². The standard InChI is InChI=1S/C19H15ClO5S/c1-26(23,24)16-8-4-13(5-9-16)19-18(12-2-6-14(20)7-3-12)17(22)10-15(11-21)25-19/h2-10,21H,11H2,1H3. The van der Waals surface area contributed by atoms with Crippen molar-refractivity contribution in [3.63, 3.8) is 0 Å². The maximum atomic E-state index is 12.6. The summed E-state index contributed by atoms with van der Waals surface area (Å²) in [6, 6.07) is 14.0. The van der Waals surface area contributed by atoms with Gasteiger partial charge in [0.1, 0.15) is 18.1 Å². The molecular weight excluding hydrogens is 376 g/mol. The number of hydrogen-bond donors (Lipinski definition) is 1. The molecular formula is C19H15ClO5S. The van der Waals surface area contributed by atoms with Crippen molar-refractivity contribution in [3.8, 4) is 22.5 Å². The maximum Gasteiger partial charge on any atom is 0.193 e. The Morgan fingerprint density at radius 3 is 2.12 bits per heavy atom. The van der Waals surface area contributed by atoms with Crippen LogP contribution < -0.4 is 5.43 Å². The van der Waals surface area contributed by atoms with Crippen LogP contribution in [0, 0.1) is 0 Å². The molecule has 0 radical (unpaired) electrons. The Balaban J connectivity index is 2.23. The number of aliphatic hydroxyl groups excluding tert-OH is 1. The minimum Gasteiger partial charge on any atom is -0.458 e. The van der Waals surface area contributed by atoms with Gasteiger partial charge < -0.3 is 9.52 Å². The molecule has 3 rings (SSSR count). The summed E-state index contributed by atoms with van der Waals surface area (Å²) in [5.41, 5.74) is 1.13. The van der Waals surface area contributed by atoms with Gasteiger partial charge in [-0.1, -0.05) is 23.7 Å². The van der Waals surface area contributed by atoms with Gasteiger partial charge >= 0.3 is 0 Å². The van der Waals surface area contributed by atoms with E-state index in [9.17, 15) is 18.3 Å². The first-order valence-corrected chi connectivity index (χ1v) is 9.91. The molecule has 1 aromatic heterocycles. The first-order valence-electron chi connectivity index (χ1n) is 7.64. The first-order chi connectivity index (χ1) is 12.3. The van der Waals surface area contributed by atoms with Gasteiger partial charge in [0.25, 0.3) is 0 Å². The average molecular weight is 391 g/mol. The SMILES string of the molecule is CS(=O)(=O)c1ccc(-c2oc(CO)cc(=O)c2-c2ccc(Cl)cc2)cc1. The fourth-order valence-electron chi connectivity index (χ4n) is 2.57. The van der Waals surface area contributed by atoms with Crippen LogP contribution in [-0.4, -0.2) is 19.8 Å². The Morgan fingerprint density at radius 1 is 1.00 bits per heavy atom. The van der Waals surface area contributed by atoms with Crippen LogP contribution in [0.3, 0.4) is 0 Å². The first kappa shape index (κ1) is 18.4. The maximum absolute atomic E-state index is 12.6. The van der Waals surface area contributed by atoms with Crippen LogP contribution in [0.5, 0.6) is 0 Å². The van der Waals surface area contributed by atoms with E-state index < -0.39 is 16.4 Å². The number of sulfone groups is 1. The highest BCUT2D eigenvalue weighted by molar-refractivity contribution is 7.90. The predicted octanol–water partition coefficient (Wildman–Crippen LogP) is 3.52. The zero-order valence-corrected chi connectivity index (χ0v) is 15.3. The summed E-state index contributed by atoms with van der Waals surface area (Å²) in [7, 11) is -3.34. The van der Waals surface area contributed by atoms with Crippen molar-refractivity contribution in [1.82, 2.24) is 0 Å². The lowest BCUT2D eigenvalue weighted by molar-refractivity contribution is 0.245. The molecule has 0 atom stereocenters. The Kier molecular flexibility index (Phi) is 5.00. The molecule has 0 spiro atoms. The second-order valence-electron chi connectivity index (χ2n) is 5.74. The van der Waals surface area contributed by atoms with Gasteiger partial charge in [-0.3, -0.25) is 4.79 Å². The summed E-state index contributed by atoms with van der Waals surface area (Å²) in [6.07, 6.45) is 1.12. The second kappa shape index (κ2) is 7.07. The molecule has 0 fully saturated rings. The minimum atomic E-state index is -3.34. The molecule has 0 aliphatic heterocycles. The summed E-state index contributed by atoms with van der Waals surface area (Å²) in [5.74, 6) is 0.374. The predicted molar refractivity (Wildman–Crippen MR) is 99.9 cm³/mol. The Labute approximate surface area is 155 Å². The van der Waals surface area contributed by atoms with E-state index in [-0.39, 0.29) is 21.8 Å². The second-order valence-corrected chi connectivity index (χ2v) is 8.19. The highest BCUT2D eigenvalue weighted by Gasteiger charge is 2.17. The van der Waals surface area contributed by atoms with Crippen LogP contribution >= 0.6 is 11.6 Å². The zero-order chi connectivity index (χ0) is 18.9. The third-order valence-electron chi connectivity index (χ3n) is 3.83. The van der Waals surface area contributed by atoms with Crippen molar-refractivity contribution < 1.29 is 17.9 Å². The van der Waals surface area contributed by atoms with Crippen molar-refractivity contribution in [2.45, 2.75) is 11.5 Å². The lowest BCUT2D eigenvalue weighted by Gasteiger charge is -2.11. The molecule has 7 heteroatoms. The van der Waals surface area contributed by atoms with Gasteiger partial charge in [-0.2, -0.15) is 0 Å². The summed E-state index contributed by atoms with van der Waals surface area (Å²) in [4.78, 5) is 12.8. The Morgan fingerprint density at radius 2 is 1.58 bits per heavy atom. The fourth-order valence-corrected chi connectivity index (χ4v) is 3.32. The third-order valence-corrected chi connectivity index (χ3v) is 5.21. The van der Waals surface area contributed by atoms with Crippen LogP contribution in [0.15, 0.2) is 68.7 Å². The number of hydrogen-bond acceptors (Lipinski definition) is 5. The van der Waals surface area contributed by atoms with Crippen LogP contribution in [0.2, 0.25) is 5.02 Å². The summed E-state index contributed by atoms with van der Waals surface area (Å²) in [5, 5.41) is 9.88. The van der Waals surface area contributed by atoms with E-state index in [4.69, 9.17) is 16.0 Å². The molecule has 5 nitrogen and oxygen atoms in total. The van der Waals surface area contributed by atoms with E-state index in [1.807, 2.05) is 0 Å². The van der Waals surface area contributed by atoms with Crippen LogP contribution in [0.1, 0.15) is 5.76 Å². The highest BCUT2D eigenvalue weighted by Crippen LogP contribution is 2.31. The molecule has 0 unspecified atom stereocenters. The normalized spacial score (nSPS) is 11.5. The quantitative estimate of drug-likeness (QED) is 0.736. The number of halogens is 1. The third kappa shape index (κ3) is 3.72. The molecule has 0 amide bonds. The zero-order valence-electron chi connectivity index (χ0n) is 13.8. The van der Waals surface area contributed by atoms with Gasteiger partial charge in [0.05, 0.1) is 10.5 Å². The molecule has 1 N–H and O–H groups in total. The van der Waals surface area contributed by atoms with Crippen molar-refractivity contribution in [3.05, 3.63) is 75.6 Å². The highest BCUT2D eigenvalue weighted by atomic mass is 35.5. The molecule has 0 aliphatic carbocycles. The van der Waals surface area contributed by atoms with Gasteiger partial charge in [-0.25, -0.2) is 8.42 Å². The van der Waals surface area contributed by atoms with E-state index in [1.165, 1.54) is 18.2 Å². The largest absolute Gasteiger partial charge is 0.458 e. The monoisotopic (exact) mass is 390 g/mol. The van der Waals surface area contributed by atoms with E-state index in [0.717, 1.165) is 6.26 Å². The molecule has 2 aromatic carbocycles. The molecule has 0 bridgehead atoms. The molecule has 3 aromatic rings. The fraction of sp³-hybridized carbons (Fsp3) is 0.105. The van der Waals surface area contributed by atoms with Crippen molar-refractivity contribution >= 4 is 21.4 Å². The summed E-state index contributed by atoms with van der Waals surface area (Å²) in [6.45, 7) is -0.426. The average Bonchev–Trinajstić information content (AvgIpc) is 2.61. The molecule has 134 valence electrons.